The van der Waals surface area contributed by atoms with E-state index in [1.54, 1.807) is 0 Å². The first-order valence-corrected chi connectivity index (χ1v) is 6.22. The fraction of sp³-hybridized carbons (Fsp3) is 0.750. The Morgan fingerprint density at radius 1 is 1.31 bits per heavy atom. The van der Waals surface area contributed by atoms with E-state index in [-0.39, 0.29) is 5.97 Å². The molecule has 1 aliphatic heterocycles. The smallest absolute Gasteiger partial charge is 0.335 e. The SMILES string of the molecule is CCOC(=O)C1=C(NN2CCCC2)CCC1. The molecule has 0 unspecified atom stereocenters. The van der Waals surface area contributed by atoms with E-state index in [2.05, 4.69) is 10.4 Å². The maximum atomic E-state index is 11.7. The van der Waals surface area contributed by atoms with Gasteiger partial charge in [-0.3, -0.25) is 0 Å². The van der Waals surface area contributed by atoms with Crippen LogP contribution in [-0.2, 0) is 9.53 Å². The van der Waals surface area contributed by atoms with Crippen LogP contribution in [0.15, 0.2) is 11.3 Å². The van der Waals surface area contributed by atoms with Gasteiger partial charge in [0.15, 0.2) is 0 Å². The van der Waals surface area contributed by atoms with Crippen LogP contribution < -0.4 is 5.43 Å². The quantitative estimate of drug-likeness (QED) is 0.736. The van der Waals surface area contributed by atoms with Gasteiger partial charge in [-0.2, -0.15) is 0 Å². The van der Waals surface area contributed by atoms with Gasteiger partial charge in [-0.1, -0.05) is 0 Å². The van der Waals surface area contributed by atoms with E-state index in [0.29, 0.717) is 6.61 Å². The lowest BCUT2D eigenvalue weighted by Gasteiger charge is -2.19. The van der Waals surface area contributed by atoms with Crippen LogP contribution in [0.3, 0.4) is 0 Å². The number of carbonyl (C=O) groups is 1. The molecule has 90 valence electrons. The third-order valence-corrected chi connectivity index (χ3v) is 3.14. The fourth-order valence-corrected chi connectivity index (χ4v) is 2.33. The summed E-state index contributed by atoms with van der Waals surface area (Å²) in [6, 6.07) is 0. The number of hydrazine groups is 1. The van der Waals surface area contributed by atoms with E-state index in [9.17, 15) is 4.79 Å². The Hall–Kier alpha value is -1.03. The van der Waals surface area contributed by atoms with Crippen molar-refractivity contribution in [2.75, 3.05) is 19.7 Å². The Morgan fingerprint density at radius 2 is 2.06 bits per heavy atom. The Bertz CT molecular complexity index is 293. The molecule has 1 aliphatic carbocycles. The summed E-state index contributed by atoms with van der Waals surface area (Å²) in [5.41, 5.74) is 5.32. The second-order valence-electron chi connectivity index (χ2n) is 4.34. The molecule has 0 spiro atoms. The summed E-state index contributed by atoms with van der Waals surface area (Å²) in [5, 5.41) is 2.21. The molecule has 0 saturated carbocycles. The van der Waals surface area contributed by atoms with Crippen molar-refractivity contribution in [1.82, 2.24) is 10.4 Å². The van der Waals surface area contributed by atoms with Gasteiger partial charge in [0.25, 0.3) is 0 Å². The molecule has 16 heavy (non-hydrogen) atoms. The number of carbonyl (C=O) groups excluding carboxylic acids is 1. The second-order valence-corrected chi connectivity index (χ2v) is 4.34. The average molecular weight is 224 g/mol. The minimum Gasteiger partial charge on any atom is -0.463 e. The number of esters is 1. The zero-order chi connectivity index (χ0) is 11.4. The summed E-state index contributed by atoms with van der Waals surface area (Å²) in [4.78, 5) is 11.7. The predicted octanol–water partition coefficient (Wildman–Crippen LogP) is 1.59. The number of nitrogens with zero attached hydrogens (tertiary/aromatic N) is 1. The van der Waals surface area contributed by atoms with E-state index in [4.69, 9.17) is 4.74 Å². The van der Waals surface area contributed by atoms with Crippen LogP contribution in [0.1, 0.15) is 39.0 Å². The predicted molar refractivity (Wildman–Crippen MR) is 61.5 cm³/mol. The van der Waals surface area contributed by atoms with Crippen LogP contribution in [0.2, 0.25) is 0 Å². The molecule has 2 rings (SSSR count). The third-order valence-electron chi connectivity index (χ3n) is 3.14. The summed E-state index contributed by atoms with van der Waals surface area (Å²) in [6.45, 7) is 4.47. The van der Waals surface area contributed by atoms with Gasteiger partial charge in [0.05, 0.1) is 12.2 Å². The Kier molecular flexibility index (Phi) is 3.83. The Labute approximate surface area is 96.6 Å². The molecule has 1 saturated heterocycles. The molecule has 1 N–H and O–H groups in total. The van der Waals surface area contributed by atoms with Crippen molar-refractivity contribution in [2.24, 2.45) is 0 Å². The molecule has 0 bridgehead atoms. The summed E-state index contributed by atoms with van der Waals surface area (Å²) < 4.78 is 5.07. The van der Waals surface area contributed by atoms with E-state index < -0.39 is 0 Å². The van der Waals surface area contributed by atoms with Crippen LogP contribution in [0.5, 0.6) is 0 Å². The summed E-state index contributed by atoms with van der Waals surface area (Å²) in [6.07, 6.45) is 5.38. The standard InChI is InChI=1S/C12H20N2O2/c1-2-16-12(15)10-6-5-7-11(10)13-14-8-3-4-9-14/h13H,2-9H2,1H3. The lowest BCUT2D eigenvalue weighted by molar-refractivity contribution is -0.138. The van der Waals surface area contributed by atoms with E-state index in [0.717, 1.165) is 43.6 Å². The molecule has 1 fully saturated rings. The van der Waals surface area contributed by atoms with Crippen LogP contribution in [-0.4, -0.2) is 30.7 Å². The number of hydrogen-bond donors (Lipinski definition) is 1. The van der Waals surface area contributed by atoms with E-state index in [1.165, 1.54) is 12.8 Å². The molecule has 0 radical (unpaired) electrons. The molecular weight excluding hydrogens is 204 g/mol. The first-order chi connectivity index (χ1) is 7.81. The monoisotopic (exact) mass is 224 g/mol. The van der Waals surface area contributed by atoms with Gasteiger partial charge in [-0.05, 0) is 39.0 Å². The maximum absolute atomic E-state index is 11.7. The minimum absolute atomic E-state index is 0.137. The molecule has 0 atom stereocenters. The average Bonchev–Trinajstić information content (AvgIpc) is 2.90. The first kappa shape index (κ1) is 11.5. The highest BCUT2D eigenvalue weighted by Gasteiger charge is 2.24. The zero-order valence-corrected chi connectivity index (χ0v) is 9.92. The lowest BCUT2D eigenvalue weighted by Crippen LogP contribution is -2.35. The van der Waals surface area contributed by atoms with Crippen molar-refractivity contribution in [2.45, 2.75) is 39.0 Å². The van der Waals surface area contributed by atoms with Crippen molar-refractivity contribution >= 4 is 5.97 Å². The van der Waals surface area contributed by atoms with Gasteiger partial charge >= 0.3 is 5.97 Å². The van der Waals surface area contributed by atoms with Crippen LogP contribution in [0, 0.1) is 0 Å². The highest BCUT2D eigenvalue weighted by Crippen LogP contribution is 2.25. The largest absolute Gasteiger partial charge is 0.463 e. The third kappa shape index (κ3) is 2.55. The van der Waals surface area contributed by atoms with Crippen molar-refractivity contribution in [3.8, 4) is 0 Å². The van der Waals surface area contributed by atoms with Gasteiger partial charge in [0.2, 0.25) is 0 Å². The number of rotatable bonds is 4. The molecule has 1 heterocycles. The lowest BCUT2D eigenvalue weighted by atomic mass is 10.2. The molecule has 4 nitrogen and oxygen atoms in total. The van der Waals surface area contributed by atoms with Crippen molar-refractivity contribution in [3.05, 3.63) is 11.3 Å². The van der Waals surface area contributed by atoms with Gasteiger partial charge < -0.3 is 10.2 Å². The summed E-state index contributed by atoms with van der Waals surface area (Å²) in [5.74, 6) is -0.137. The molecule has 4 heteroatoms. The summed E-state index contributed by atoms with van der Waals surface area (Å²) >= 11 is 0. The molecule has 0 aromatic rings. The zero-order valence-electron chi connectivity index (χ0n) is 9.92. The number of nitrogens with one attached hydrogen (secondary N) is 1. The second kappa shape index (κ2) is 5.34. The normalized spacial score (nSPS) is 21.6. The topological polar surface area (TPSA) is 41.6 Å². The van der Waals surface area contributed by atoms with Crippen LogP contribution >= 0.6 is 0 Å². The van der Waals surface area contributed by atoms with E-state index >= 15 is 0 Å². The number of hydrogen-bond acceptors (Lipinski definition) is 4. The molecule has 0 aromatic heterocycles. The Morgan fingerprint density at radius 3 is 2.75 bits per heavy atom. The van der Waals surface area contributed by atoms with Crippen molar-refractivity contribution in [3.63, 3.8) is 0 Å². The molecule has 0 amide bonds. The highest BCUT2D eigenvalue weighted by molar-refractivity contribution is 5.89. The van der Waals surface area contributed by atoms with Crippen molar-refractivity contribution < 1.29 is 9.53 Å². The minimum atomic E-state index is -0.137. The highest BCUT2D eigenvalue weighted by atomic mass is 16.5. The maximum Gasteiger partial charge on any atom is 0.335 e. The number of ether oxygens (including phenoxy) is 1. The molecule has 2 aliphatic rings. The van der Waals surface area contributed by atoms with Gasteiger partial charge in [0, 0.05) is 18.8 Å². The van der Waals surface area contributed by atoms with E-state index in [1.807, 2.05) is 6.92 Å². The molecular formula is C12H20N2O2. The van der Waals surface area contributed by atoms with Crippen molar-refractivity contribution in [1.29, 1.82) is 0 Å². The first-order valence-electron chi connectivity index (χ1n) is 6.22. The van der Waals surface area contributed by atoms with Gasteiger partial charge in [-0.25, -0.2) is 9.80 Å². The van der Waals surface area contributed by atoms with Gasteiger partial charge in [-0.15, -0.1) is 0 Å². The Balaban J connectivity index is 1.98. The number of allylic oxidation sites excluding steroid dienone is 1. The fourth-order valence-electron chi connectivity index (χ4n) is 2.33. The van der Waals surface area contributed by atoms with Gasteiger partial charge in [0.1, 0.15) is 0 Å². The summed E-state index contributed by atoms with van der Waals surface area (Å²) in [7, 11) is 0. The molecule has 0 aromatic carbocycles. The van der Waals surface area contributed by atoms with Crippen LogP contribution in [0.25, 0.3) is 0 Å². The van der Waals surface area contributed by atoms with Crippen LogP contribution in [0.4, 0.5) is 0 Å².